The van der Waals surface area contributed by atoms with Gasteiger partial charge in [-0.15, -0.1) is 0 Å². The van der Waals surface area contributed by atoms with Gasteiger partial charge in [-0.2, -0.15) is 0 Å². The van der Waals surface area contributed by atoms with Crippen molar-refractivity contribution in [2.24, 2.45) is 0 Å². The van der Waals surface area contributed by atoms with Crippen molar-refractivity contribution >= 4 is 5.97 Å². The summed E-state index contributed by atoms with van der Waals surface area (Å²) < 4.78 is 29.3. The van der Waals surface area contributed by atoms with Crippen molar-refractivity contribution in [2.75, 3.05) is 6.61 Å². The number of fused-ring (bicyclic) bond motifs is 4. The summed E-state index contributed by atoms with van der Waals surface area (Å²) in [6.07, 6.45) is 1.37. The molecule has 6 heteroatoms. The molecule has 2 aromatic carbocycles. The normalized spacial score (nSPS) is 27.6. The molecule has 132 valence electrons. The number of hydrogen-bond donors (Lipinski definition) is 0. The number of esters is 1. The largest absolute Gasteiger partial charge is 0.494 e. The summed E-state index contributed by atoms with van der Waals surface area (Å²) in [7, 11) is 0. The lowest BCUT2D eigenvalue weighted by atomic mass is 9.90. The highest BCUT2D eigenvalue weighted by molar-refractivity contribution is 5.95. The molecule has 0 amide bonds. The molecule has 2 aromatic rings. The molecule has 3 aliphatic rings. The number of rotatable bonds is 2. The highest BCUT2D eigenvalue weighted by atomic mass is 16.8. The Kier molecular flexibility index (Phi) is 2.95. The first kappa shape index (κ1) is 15.3. The summed E-state index contributed by atoms with van der Waals surface area (Å²) in [6, 6.07) is 12.6. The second kappa shape index (κ2) is 5.02. The van der Waals surface area contributed by atoms with Gasteiger partial charge in [0, 0.05) is 6.92 Å². The van der Waals surface area contributed by atoms with Crippen molar-refractivity contribution < 1.29 is 28.5 Å². The van der Waals surface area contributed by atoms with Gasteiger partial charge < -0.3 is 18.9 Å². The molecule has 0 aliphatic carbocycles. The van der Waals surface area contributed by atoms with Gasteiger partial charge in [0.2, 0.25) is 5.79 Å². The molecule has 0 aromatic heterocycles. The minimum Gasteiger partial charge on any atom is -0.494 e. The van der Waals surface area contributed by atoms with Crippen molar-refractivity contribution in [3.8, 4) is 17.2 Å². The Labute approximate surface area is 149 Å². The molecule has 2 atom stereocenters. The number of hydrogen-bond acceptors (Lipinski definition) is 6. The summed E-state index contributed by atoms with van der Waals surface area (Å²) in [5, 5.41) is 0. The van der Waals surface area contributed by atoms with E-state index in [1.807, 2.05) is 31.2 Å². The van der Waals surface area contributed by atoms with Crippen molar-refractivity contribution in [1.82, 2.24) is 0 Å². The lowest BCUT2D eigenvalue weighted by Crippen LogP contribution is -2.56. The minimum atomic E-state index is -1.40. The Morgan fingerprint density at radius 3 is 2.77 bits per heavy atom. The molecule has 0 fully saturated rings. The van der Waals surface area contributed by atoms with Crippen molar-refractivity contribution in [1.29, 1.82) is 0 Å². The summed E-state index contributed by atoms with van der Waals surface area (Å²) in [6.45, 7) is 4.26. The molecule has 26 heavy (non-hydrogen) atoms. The van der Waals surface area contributed by atoms with Gasteiger partial charge in [0.15, 0.2) is 0 Å². The molecule has 2 bridgehead atoms. The van der Waals surface area contributed by atoms with E-state index >= 15 is 0 Å². The Balaban J connectivity index is 1.73. The van der Waals surface area contributed by atoms with E-state index in [4.69, 9.17) is 23.7 Å². The smallest absolute Gasteiger partial charge is 0.349 e. The van der Waals surface area contributed by atoms with Gasteiger partial charge in [0.1, 0.15) is 29.1 Å². The standard InChI is InChI=1S/C20H16O6/c1-3-22-12-8-9-17-14(10-12)19(2)23-11-15-18(21)24-16-7-5-4-6-13(16)20(15,25-17)26-19/h4-11H,3H2,1-2H3. The fraction of sp³-hybridized carbons (Fsp3) is 0.250. The van der Waals surface area contributed by atoms with Gasteiger partial charge in [0.25, 0.3) is 5.79 Å². The lowest BCUT2D eigenvalue weighted by molar-refractivity contribution is -0.348. The second-order valence-corrected chi connectivity index (χ2v) is 6.39. The van der Waals surface area contributed by atoms with E-state index < -0.39 is 17.5 Å². The van der Waals surface area contributed by atoms with E-state index in [1.165, 1.54) is 6.26 Å². The fourth-order valence-electron chi connectivity index (χ4n) is 3.58. The first-order chi connectivity index (χ1) is 12.6. The van der Waals surface area contributed by atoms with Crippen LogP contribution in [0.2, 0.25) is 0 Å². The van der Waals surface area contributed by atoms with Gasteiger partial charge in [-0.3, -0.25) is 4.74 Å². The zero-order valence-corrected chi connectivity index (χ0v) is 14.3. The molecule has 0 saturated heterocycles. The Morgan fingerprint density at radius 1 is 1.08 bits per heavy atom. The summed E-state index contributed by atoms with van der Waals surface area (Å²) >= 11 is 0. The molecule has 2 unspecified atom stereocenters. The number of benzene rings is 2. The van der Waals surface area contributed by atoms with E-state index in [-0.39, 0.29) is 5.57 Å². The fourth-order valence-corrected chi connectivity index (χ4v) is 3.58. The third kappa shape index (κ3) is 1.87. The minimum absolute atomic E-state index is 0.174. The zero-order chi connectivity index (χ0) is 17.9. The van der Waals surface area contributed by atoms with Crippen LogP contribution >= 0.6 is 0 Å². The molecule has 0 N–H and O–H groups in total. The number of carbonyl (C=O) groups excluding carboxylic acids is 1. The van der Waals surface area contributed by atoms with E-state index in [1.54, 1.807) is 25.1 Å². The van der Waals surface area contributed by atoms with Gasteiger partial charge in [-0.25, -0.2) is 4.79 Å². The Morgan fingerprint density at radius 2 is 1.92 bits per heavy atom. The molecular weight excluding hydrogens is 336 g/mol. The van der Waals surface area contributed by atoms with Crippen LogP contribution in [0.5, 0.6) is 17.2 Å². The Bertz CT molecular complexity index is 965. The molecule has 0 saturated carbocycles. The summed E-state index contributed by atoms with van der Waals surface area (Å²) in [5.74, 6) is -1.42. The summed E-state index contributed by atoms with van der Waals surface area (Å²) in [4.78, 5) is 12.5. The first-order valence-electron chi connectivity index (χ1n) is 8.42. The predicted octanol–water partition coefficient (Wildman–Crippen LogP) is 3.35. The highest BCUT2D eigenvalue weighted by Gasteiger charge is 2.61. The number of ether oxygens (including phenoxy) is 5. The molecular formula is C20H16O6. The molecule has 3 heterocycles. The van der Waals surface area contributed by atoms with Crippen LogP contribution in [0.15, 0.2) is 54.3 Å². The van der Waals surface area contributed by atoms with Crippen LogP contribution in [0.25, 0.3) is 0 Å². The van der Waals surface area contributed by atoms with Gasteiger partial charge in [0.05, 0.1) is 17.7 Å². The van der Waals surface area contributed by atoms with Crippen molar-refractivity contribution in [2.45, 2.75) is 25.4 Å². The molecule has 3 aliphatic heterocycles. The summed E-state index contributed by atoms with van der Waals surface area (Å²) in [5.41, 5.74) is 1.49. The van der Waals surface area contributed by atoms with E-state index in [2.05, 4.69) is 0 Å². The monoisotopic (exact) mass is 352 g/mol. The first-order valence-corrected chi connectivity index (χ1v) is 8.42. The van der Waals surface area contributed by atoms with Gasteiger partial charge in [-0.05, 0) is 37.3 Å². The van der Waals surface area contributed by atoms with Gasteiger partial charge >= 0.3 is 5.97 Å². The van der Waals surface area contributed by atoms with Crippen LogP contribution in [0.3, 0.4) is 0 Å². The average Bonchev–Trinajstić information content (AvgIpc) is 2.62. The maximum Gasteiger partial charge on any atom is 0.349 e. The third-order valence-electron chi connectivity index (χ3n) is 4.76. The molecule has 0 radical (unpaired) electrons. The molecule has 1 spiro atoms. The lowest BCUT2D eigenvalue weighted by Gasteiger charge is -2.50. The van der Waals surface area contributed by atoms with Crippen LogP contribution in [0.4, 0.5) is 0 Å². The molecule has 6 nitrogen and oxygen atoms in total. The van der Waals surface area contributed by atoms with Crippen molar-refractivity contribution in [3.63, 3.8) is 0 Å². The third-order valence-corrected chi connectivity index (χ3v) is 4.76. The zero-order valence-electron chi connectivity index (χ0n) is 14.3. The maximum absolute atomic E-state index is 12.5. The number of para-hydroxylation sites is 1. The van der Waals surface area contributed by atoms with Crippen LogP contribution in [-0.2, 0) is 25.8 Å². The van der Waals surface area contributed by atoms with Crippen molar-refractivity contribution in [3.05, 3.63) is 65.4 Å². The quantitative estimate of drug-likeness (QED) is 0.610. The van der Waals surface area contributed by atoms with Crippen LogP contribution in [0.1, 0.15) is 25.0 Å². The predicted molar refractivity (Wildman–Crippen MR) is 89.6 cm³/mol. The Hall–Kier alpha value is -2.99. The van der Waals surface area contributed by atoms with E-state index in [9.17, 15) is 4.79 Å². The SMILES string of the molecule is CCOc1ccc2c(c1)C1(C)OC=C3C(=O)Oc4ccccc4C3(O2)O1. The van der Waals surface area contributed by atoms with Gasteiger partial charge in [-0.1, -0.05) is 12.1 Å². The maximum atomic E-state index is 12.5. The average molecular weight is 352 g/mol. The van der Waals surface area contributed by atoms with Crippen LogP contribution in [0, 0.1) is 0 Å². The topological polar surface area (TPSA) is 63.2 Å². The van der Waals surface area contributed by atoms with Crippen LogP contribution in [-0.4, -0.2) is 12.6 Å². The number of carbonyl (C=O) groups is 1. The highest BCUT2D eigenvalue weighted by Crippen LogP contribution is 2.56. The van der Waals surface area contributed by atoms with E-state index in [0.29, 0.717) is 35.0 Å². The van der Waals surface area contributed by atoms with Crippen LogP contribution < -0.4 is 14.2 Å². The second-order valence-electron chi connectivity index (χ2n) is 6.39. The van der Waals surface area contributed by atoms with E-state index in [0.717, 1.165) is 0 Å². The molecule has 5 rings (SSSR count).